The highest BCUT2D eigenvalue weighted by Crippen LogP contribution is 2.24. The Hall–Kier alpha value is -1.26. The molecule has 0 radical (unpaired) electrons. The van der Waals surface area contributed by atoms with Crippen LogP contribution in [0.25, 0.3) is 0 Å². The third-order valence-electron chi connectivity index (χ3n) is 2.65. The van der Waals surface area contributed by atoms with Crippen LogP contribution in [0.3, 0.4) is 0 Å². The standard InChI is InChI=1S/C14H12BrClFNO/c1-19-14-5-4-11(7-13(14)17)18-8-9-2-3-10(16)6-12(9)15/h2-7,18H,8H2,1H3. The van der Waals surface area contributed by atoms with Gasteiger partial charge in [-0.15, -0.1) is 0 Å². The molecule has 0 saturated heterocycles. The van der Waals surface area contributed by atoms with E-state index in [-0.39, 0.29) is 11.6 Å². The van der Waals surface area contributed by atoms with E-state index in [1.807, 2.05) is 18.2 Å². The quantitative estimate of drug-likeness (QED) is 0.855. The summed E-state index contributed by atoms with van der Waals surface area (Å²) < 4.78 is 19.3. The largest absolute Gasteiger partial charge is 0.494 e. The summed E-state index contributed by atoms with van der Waals surface area (Å²) in [6, 6.07) is 10.3. The third kappa shape index (κ3) is 3.61. The Morgan fingerprint density at radius 3 is 2.68 bits per heavy atom. The zero-order chi connectivity index (χ0) is 13.8. The molecule has 0 atom stereocenters. The molecule has 0 amide bonds. The lowest BCUT2D eigenvalue weighted by Gasteiger charge is -2.10. The minimum absolute atomic E-state index is 0.234. The molecule has 0 aromatic heterocycles. The maximum absolute atomic E-state index is 13.5. The monoisotopic (exact) mass is 343 g/mol. The zero-order valence-corrected chi connectivity index (χ0v) is 12.6. The van der Waals surface area contributed by atoms with Crippen LogP contribution >= 0.6 is 27.5 Å². The summed E-state index contributed by atoms with van der Waals surface area (Å²) in [5.41, 5.74) is 1.74. The van der Waals surface area contributed by atoms with Gasteiger partial charge in [0.25, 0.3) is 0 Å². The molecular formula is C14H12BrClFNO. The second-order valence-electron chi connectivity index (χ2n) is 3.94. The van der Waals surface area contributed by atoms with Gasteiger partial charge in [-0.3, -0.25) is 0 Å². The topological polar surface area (TPSA) is 21.3 Å². The SMILES string of the molecule is COc1ccc(NCc2ccc(Cl)cc2Br)cc1F. The summed E-state index contributed by atoms with van der Waals surface area (Å²) in [6.07, 6.45) is 0. The Morgan fingerprint density at radius 1 is 1.26 bits per heavy atom. The molecule has 2 aromatic carbocycles. The van der Waals surface area contributed by atoms with Crippen LogP contribution in [-0.4, -0.2) is 7.11 Å². The number of methoxy groups -OCH3 is 1. The van der Waals surface area contributed by atoms with Crippen molar-refractivity contribution in [1.82, 2.24) is 0 Å². The Morgan fingerprint density at radius 2 is 2.05 bits per heavy atom. The summed E-state index contributed by atoms with van der Waals surface area (Å²) in [4.78, 5) is 0. The van der Waals surface area contributed by atoms with E-state index >= 15 is 0 Å². The molecular weight excluding hydrogens is 333 g/mol. The molecule has 0 aliphatic rings. The van der Waals surface area contributed by atoms with Crippen molar-refractivity contribution in [1.29, 1.82) is 0 Å². The molecule has 5 heteroatoms. The highest BCUT2D eigenvalue weighted by atomic mass is 79.9. The van der Waals surface area contributed by atoms with Gasteiger partial charge in [0.1, 0.15) is 0 Å². The molecule has 0 aliphatic heterocycles. The molecule has 0 fully saturated rings. The van der Waals surface area contributed by atoms with Crippen molar-refractivity contribution in [3.63, 3.8) is 0 Å². The number of benzene rings is 2. The predicted octanol–water partition coefficient (Wildman–Crippen LogP) is 4.86. The molecule has 19 heavy (non-hydrogen) atoms. The lowest BCUT2D eigenvalue weighted by atomic mass is 10.2. The summed E-state index contributed by atoms with van der Waals surface area (Å²) in [5.74, 6) is -0.152. The molecule has 0 aliphatic carbocycles. The van der Waals surface area contributed by atoms with E-state index in [9.17, 15) is 4.39 Å². The summed E-state index contributed by atoms with van der Waals surface area (Å²) >= 11 is 9.31. The van der Waals surface area contributed by atoms with E-state index in [0.29, 0.717) is 17.3 Å². The third-order valence-corrected chi connectivity index (χ3v) is 3.62. The molecule has 0 unspecified atom stereocenters. The number of hydrogen-bond acceptors (Lipinski definition) is 2. The van der Waals surface area contributed by atoms with Crippen molar-refractivity contribution in [3.8, 4) is 5.75 Å². The lowest BCUT2D eigenvalue weighted by Crippen LogP contribution is -2.01. The van der Waals surface area contributed by atoms with Crippen LogP contribution in [0.4, 0.5) is 10.1 Å². The normalized spacial score (nSPS) is 10.3. The Kier molecular flexibility index (Phi) is 4.66. The summed E-state index contributed by atoms with van der Waals surface area (Å²) in [6.45, 7) is 0.573. The maximum Gasteiger partial charge on any atom is 0.167 e. The fraction of sp³-hybridized carbons (Fsp3) is 0.143. The van der Waals surface area contributed by atoms with Gasteiger partial charge in [0.2, 0.25) is 0 Å². The van der Waals surface area contributed by atoms with Gasteiger partial charge in [0.15, 0.2) is 11.6 Å². The van der Waals surface area contributed by atoms with Crippen molar-refractivity contribution in [2.24, 2.45) is 0 Å². The van der Waals surface area contributed by atoms with Crippen LogP contribution < -0.4 is 10.1 Å². The fourth-order valence-electron chi connectivity index (χ4n) is 1.64. The molecule has 0 spiro atoms. The van der Waals surface area contributed by atoms with Crippen molar-refractivity contribution < 1.29 is 9.13 Å². The number of rotatable bonds is 4. The van der Waals surface area contributed by atoms with Crippen LogP contribution in [0.15, 0.2) is 40.9 Å². The highest BCUT2D eigenvalue weighted by Gasteiger charge is 2.04. The van der Waals surface area contributed by atoms with Gasteiger partial charge in [0, 0.05) is 27.8 Å². The first-order chi connectivity index (χ1) is 9.10. The van der Waals surface area contributed by atoms with Crippen LogP contribution in [0, 0.1) is 5.82 Å². The van der Waals surface area contributed by atoms with Crippen LogP contribution in [-0.2, 0) is 6.54 Å². The van der Waals surface area contributed by atoms with E-state index in [2.05, 4.69) is 21.2 Å². The van der Waals surface area contributed by atoms with Gasteiger partial charge in [-0.1, -0.05) is 33.6 Å². The number of hydrogen-bond donors (Lipinski definition) is 1. The average molecular weight is 345 g/mol. The van der Waals surface area contributed by atoms with Crippen molar-refractivity contribution >= 4 is 33.2 Å². The van der Waals surface area contributed by atoms with Crippen molar-refractivity contribution in [2.45, 2.75) is 6.54 Å². The van der Waals surface area contributed by atoms with Crippen molar-refractivity contribution in [3.05, 3.63) is 57.3 Å². The van der Waals surface area contributed by atoms with E-state index in [4.69, 9.17) is 16.3 Å². The Labute approximate surface area is 124 Å². The number of anilines is 1. The van der Waals surface area contributed by atoms with Crippen LogP contribution in [0.1, 0.15) is 5.56 Å². The average Bonchev–Trinajstić information content (AvgIpc) is 2.38. The molecule has 0 heterocycles. The smallest absolute Gasteiger partial charge is 0.167 e. The van der Waals surface area contributed by atoms with Gasteiger partial charge >= 0.3 is 0 Å². The van der Waals surface area contributed by atoms with Gasteiger partial charge < -0.3 is 10.1 Å². The lowest BCUT2D eigenvalue weighted by molar-refractivity contribution is 0.386. The zero-order valence-electron chi connectivity index (χ0n) is 10.2. The minimum Gasteiger partial charge on any atom is -0.494 e. The molecule has 2 nitrogen and oxygen atoms in total. The first-order valence-corrected chi connectivity index (χ1v) is 6.78. The predicted molar refractivity (Wildman–Crippen MR) is 79.4 cm³/mol. The van der Waals surface area contributed by atoms with E-state index in [1.165, 1.54) is 13.2 Å². The molecule has 1 N–H and O–H groups in total. The molecule has 0 bridgehead atoms. The van der Waals surface area contributed by atoms with Crippen LogP contribution in [0.2, 0.25) is 5.02 Å². The molecule has 2 rings (SSSR count). The first-order valence-electron chi connectivity index (χ1n) is 5.61. The first kappa shape index (κ1) is 14.2. The minimum atomic E-state index is -0.386. The summed E-state index contributed by atoms with van der Waals surface area (Å²) in [7, 11) is 1.44. The van der Waals surface area contributed by atoms with Gasteiger partial charge in [-0.2, -0.15) is 0 Å². The number of ether oxygens (including phenoxy) is 1. The van der Waals surface area contributed by atoms with Crippen LogP contribution in [0.5, 0.6) is 5.75 Å². The highest BCUT2D eigenvalue weighted by molar-refractivity contribution is 9.10. The van der Waals surface area contributed by atoms with Gasteiger partial charge in [-0.25, -0.2) is 4.39 Å². The van der Waals surface area contributed by atoms with E-state index in [0.717, 1.165) is 10.0 Å². The molecule has 100 valence electrons. The van der Waals surface area contributed by atoms with Crippen molar-refractivity contribution in [2.75, 3.05) is 12.4 Å². The summed E-state index contributed by atoms with van der Waals surface area (Å²) in [5, 5.41) is 3.82. The van der Waals surface area contributed by atoms with E-state index < -0.39 is 0 Å². The van der Waals surface area contributed by atoms with Gasteiger partial charge in [-0.05, 0) is 29.8 Å². The Balaban J connectivity index is 2.08. The second kappa shape index (κ2) is 6.26. The second-order valence-corrected chi connectivity index (χ2v) is 5.23. The Bertz CT molecular complexity index is 592. The van der Waals surface area contributed by atoms with E-state index in [1.54, 1.807) is 12.1 Å². The van der Waals surface area contributed by atoms with Gasteiger partial charge in [0.05, 0.1) is 7.11 Å². The number of halogens is 3. The fourth-order valence-corrected chi connectivity index (χ4v) is 2.46. The maximum atomic E-state index is 13.5. The molecule has 2 aromatic rings. The molecule has 0 saturated carbocycles. The number of nitrogens with one attached hydrogen (secondary N) is 1.